The summed E-state index contributed by atoms with van der Waals surface area (Å²) in [5, 5.41) is 0. The number of sulfonamides is 1. The van der Waals surface area contributed by atoms with E-state index >= 15 is 0 Å². The topological polar surface area (TPSA) is 93.2 Å². The molecule has 1 N–H and O–H groups in total. The first-order chi connectivity index (χ1) is 14.6. The number of hydrogen-bond acceptors (Lipinski definition) is 5. The molecule has 1 heterocycles. The van der Waals surface area contributed by atoms with Crippen LogP contribution in [0.1, 0.15) is 31.0 Å². The fourth-order valence-electron chi connectivity index (χ4n) is 3.08. The molecule has 0 aliphatic heterocycles. The Labute approximate surface area is 182 Å². The van der Waals surface area contributed by atoms with Gasteiger partial charge < -0.3 is 0 Å². The number of pyridine rings is 1. The van der Waals surface area contributed by atoms with E-state index < -0.39 is 25.7 Å². The van der Waals surface area contributed by atoms with Gasteiger partial charge in [0.15, 0.2) is 0 Å². The number of benzene rings is 2. The quantitative estimate of drug-likeness (QED) is 0.515. The first kappa shape index (κ1) is 23.1. The lowest BCUT2D eigenvalue weighted by Crippen LogP contribution is -2.27. The van der Waals surface area contributed by atoms with Crippen LogP contribution in [0.5, 0.6) is 0 Å². The average molecular weight is 463 g/mol. The van der Waals surface area contributed by atoms with Crippen LogP contribution in [0.2, 0.25) is 0 Å². The zero-order chi connectivity index (χ0) is 22.6. The molecular weight excluding hydrogens is 439 g/mol. The van der Waals surface area contributed by atoms with Gasteiger partial charge in [0.05, 0.1) is 14.7 Å². The van der Waals surface area contributed by atoms with Crippen LogP contribution in [-0.2, 0) is 26.3 Å². The molecule has 6 nitrogen and oxygen atoms in total. The fourth-order valence-corrected chi connectivity index (χ4v) is 5.86. The van der Waals surface area contributed by atoms with Gasteiger partial charge in [-0.3, -0.25) is 4.98 Å². The van der Waals surface area contributed by atoms with Crippen LogP contribution < -0.4 is 4.72 Å². The van der Waals surface area contributed by atoms with Crippen molar-refractivity contribution >= 4 is 19.9 Å². The van der Waals surface area contributed by atoms with Crippen LogP contribution in [0.15, 0.2) is 81.5 Å². The summed E-state index contributed by atoms with van der Waals surface area (Å²) in [6.07, 6.45) is 2.02. The second-order valence-electron chi connectivity index (χ2n) is 7.28. The van der Waals surface area contributed by atoms with Crippen molar-refractivity contribution < 1.29 is 21.2 Å². The van der Waals surface area contributed by atoms with Gasteiger partial charge in [-0.2, -0.15) is 0 Å². The molecule has 3 rings (SSSR count). The van der Waals surface area contributed by atoms with Crippen molar-refractivity contribution in [3.05, 3.63) is 83.9 Å². The summed E-state index contributed by atoms with van der Waals surface area (Å²) < 4.78 is 67.7. The molecule has 2 aromatic carbocycles. The Morgan fingerprint density at radius 1 is 0.935 bits per heavy atom. The van der Waals surface area contributed by atoms with Crippen molar-refractivity contribution in [2.45, 2.75) is 40.9 Å². The van der Waals surface area contributed by atoms with Crippen molar-refractivity contribution in [1.82, 2.24) is 9.71 Å². The molecule has 0 saturated heterocycles. The highest BCUT2D eigenvalue weighted by atomic mass is 32.2. The van der Waals surface area contributed by atoms with Gasteiger partial charge in [-0.05, 0) is 60.0 Å². The largest absolute Gasteiger partial charge is 0.261 e. The van der Waals surface area contributed by atoms with Gasteiger partial charge in [0.2, 0.25) is 19.9 Å². The maximum atomic E-state index is 13.2. The van der Waals surface area contributed by atoms with E-state index in [4.69, 9.17) is 0 Å². The number of hydrogen-bond donors (Lipinski definition) is 1. The summed E-state index contributed by atoms with van der Waals surface area (Å²) in [7, 11) is -7.99. The Hall–Kier alpha value is -2.62. The zero-order valence-electron chi connectivity index (χ0n) is 17.1. The van der Waals surface area contributed by atoms with Gasteiger partial charge >= 0.3 is 0 Å². The van der Waals surface area contributed by atoms with E-state index in [-0.39, 0.29) is 27.1 Å². The zero-order valence-corrected chi connectivity index (χ0v) is 18.8. The van der Waals surface area contributed by atoms with E-state index in [1.165, 1.54) is 12.1 Å². The molecule has 0 saturated carbocycles. The van der Waals surface area contributed by atoms with E-state index in [9.17, 15) is 21.2 Å². The summed E-state index contributed by atoms with van der Waals surface area (Å²) >= 11 is 0. The molecule has 0 unspecified atom stereocenters. The van der Waals surface area contributed by atoms with Gasteiger partial charge in [0.25, 0.3) is 0 Å². The number of rotatable bonds is 8. The van der Waals surface area contributed by atoms with Crippen molar-refractivity contribution in [3.63, 3.8) is 0 Å². The van der Waals surface area contributed by atoms with Crippen LogP contribution in [0, 0.1) is 5.82 Å². The van der Waals surface area contributed by atoms with Crippen molar-refractivity contribution in [1.29, 1.82) is 0 Å². The highest BCUT2D eigenvalue weighted by Gasteiger charge is 2.25. The molecule has 164 valence electrons. The van der Waals surface area contributed by atoms with Crippen LogP contribution in [0.25, 0.3) is 0 Å². The minimum Gasteiger partial charge on any atom is -0.261 e. The number of aromatic nitrogens is 1. The number of nitrogens with one attached hydrogen (secondary N) is 1. The smallest absolute Gasteiger partial charge is 0.240 e. The lowest BCUT2D eigenvalue weighted by Gasteiger charge is -2.16. The molecule has 31 heavy (non-hydrogen) atoms. The number of sulfone groups is 1. The van der Waals surface area contributed by atoms with Gasteiger partial charge in [-0.1, -0.05) is 26.0 Å². The molecule has 0 fully saturated rings. The predicted molar refractivity (Wildman–Crippen MR) is 116 cm³/mol. The first-order valence-corrected chi connectivity index (χ1v) is 12.6. The van der Waals surface area contributed by atoms with Crippen molar-refractivity contribution in [2.24, 2.45) is 0 Å². The van der Waals surface area contributed by atoms with Crippen molar-refractivity contribution in [3.8, 4) is 0 Å². The molecule has 1 aromatic heterocycles. The van der Waals surface area contributed by atoms with Gasteiger partial charge in [0.1, 0.15) is 5.82 Å². The molecule has 9 heteroatoms. The maximum absolute atomic E-state index is 13.2. The molecule has 3 aromatic rings. The van der Waals surface area contributed by atoms with Gasteiger partial charge in [-0.25, -0.2) is 25.9 Å². The fraction of sp³-hybridized carbons (Fsp3) is 0.227. The van der Waals surface area contributed by atoms with E-state index in [0.29, 0.717) is 12.0 Å². The molecular formula is C22H23FN2O4S2. The van der Waals surface area contributed by atoms with Crippen molar-refractivity contribution in [2.75, 3.05) is 6.54 Å². The Morgan fingerprint density at radius 2 is 1.61 bits per heavy atom. The Balaban J connectivity index is 1.95. The Kier molecular flexibility index (Phi) is 6.88. The molecule has 0 bridgehead atoms. The van der Waals surface area contributed by atoms with E-state index in [1.807, 2.05) is 19.9 Å². The molecule has 0 aliphatic carbocycles. The number of halogens is 1. The average Bonchev–Trinajstić information content (AvgIpc) is 2.74. The lowest BCUT2D eigenvalue weighted by atomic mass is 10.0. The van der Waals surface area contributed by atoms with Crippen LogP contribution in [0.3, 0.4) is 0 Å². The third kappa shape index (κ3) is 5.36. The van der Waals surface area contributed by atoms with Crippen LogP contribution in [-0.4, -0.2) is 28.4 Å². The summed E-state index contributed by atoms with van der Waals surface area (Å²) in [6.45, 7) is 3.78. The standard InChI is InChI=1S/C22H23FN2O4S2/c1-16(2)21-11-10-20(30(26,27)19-8-6-17(23)7-9-19)15-22(21)31(28,29)25-14-12-18-5-3-4-13-24-18/h3-11,13,15-16,25H,12,14H2,1-2H3. The van der Waals surface area contributed by atoms with E-state index in [2.05, 4.69) is 9.71 Å². The lowest BCUT2D eigenvalue weighted by molar-refractivity contribution is 0.578. The second-order valence-corrected chi connectivity index (χ2v) is 11.0. The minimum absolute atomic E-state index is 0.0910. The summed E-state index contributed by atoms with van der Waals surface area (Å²) in [5.41, 5.74) is 1.24. The monoisotopic (exact) mass is 462 g/mol. The normalized spacial score (nSPS) is 12.3. The number of nitrogens with zero attached hydrogens (tertiary/aromatic N) is 1. The summed E-state index contributed by atoms with van der Waals surface area (Å²) in [4.78, 5) is 3.79. The van der Waals surface area contributed by atoms with Crippen LogP contribution >= 0.6 is 0 Å². The Morgan fingerprint density at radius 3 is 2.23 bits per heavy atom. The third-order valence-electron chi connectivity index (χ3n) is 4.73. The minimum atomic E-state index is -4.01. The highest BCUT2D eigenvalue weighted by Crippen LogP contribution is 2.29. The molecule has 0 spiro atoms. The second kappa shape index (κ2) is 9.25. The molecule has 0 aliphatic rings. The highest BCUT2D eigenvalue weighted by molar-refractivity contribution is 7.91. The van der Waals surface area contributed by atoms with E-state index in [0.717, 1.165) is 36.0 Å². The van der Waals surface area contributed by atoms with Gasteiger partial charge in [-0.15, -0.1) is 0 Å². The maximum Gasteiger partial charge on any atom is 0.240 e. The van der Waals surface area contributed by atoms with E-state index in [1.54, 1.807) is 18.3 Å². The molecule has 0 amide bonds. The third-order valence-corrected chi connectivity index (χ3v) is 8.01. The molecule has 0 radical (unpaired) electrons. The summed E-state index contributed by atoms with van der Waals surface area (Å²) in [5.74, 6) is -0.709. The Bertz CT molecular complexity index is 1260. The first-order valence-electron chi connectivity index (χ1n) is 9.65. The predicted octanol–water partition coefficient (Wildman–Crippen LogP) is 3.70. The van der Waals surface area contributed by atoms with Crippen LogP contribution in [0.4, 0.5) is 4.39 Å². The molecule has 0 atom stereocenters. The van der Waals surface area contributed by atoms with Gasteiger partial charge in [0, 0.05) is 24.9 Å². The SMILES string of the molecule is CC(C)c1ccc(S(=O)(=O)c2ccc(F)cc2)cc1S(=O)(=O)NCCc1ccccn1. The summed E-state index contributed by atoms with van der Waals surface area (Å²) in [6, 6.07) is 13.8.